The third kappa shape index (κ3) is 2.60. The van der Waals surface area contributed by atoms with Crippen molar-refractivity contribution in [1.29, 1.82) is 0 Å². The summed E-state index contributed by atoms with van der Waals surface area (Å²) in [5.74, 6) is -0.204. The molecule has 0 bridgehead atoms. The van der Waals surface area contributed by atoms with Gasteiger partial charge in [-0.3, -0.25) is 9.59 Å². The van der Waals surface area contributed by atoms with Crippen LogP contribution in [0.2, 0.25) is 0 Å². The van der Waals surface area contributed by atoms with Crippen molar-refractivity contribution in [2.75, 3.05) is 11.9 Å². The number of rotatable bonds is 4. The van der Waals surface area contributed by atoms with Crippen molar-refractivity contribution in [3.05, 3.63) is 23.8 Å². The molecule has 1 unspecified atom stereocenters. The molecule has 1 aromatic carbocycles. The predicted octanol–water partition coefficient (Wildman–Crippen LogP) is -0.204. The number of hydrogen-bond donors (Lipinski definition) is 3. The highest BCUT2D eigenvalue weighted by Gasteiger charge is 2.27. The molecule has 0 saturated heterocycles. The molecule has 96 valence electrons. The summed E-state index contributed by atoms with van der Waals surface area (Å²) < 4.78 is 5.46. The average molecular weight is 250 g/mol. The van der Waals surface area contributed by atoms with Crippen LogP contribution in [0.15, 0.2) is 18.2 Å². The van der Waals surface area contributed by atoms with Crippen LogP contribution in [0.1, 0.15) is 12.0 Å². The van der Waals surface area contributed by atoms with Crippen molar-refractivity contribution in [2.45, 2.75) is 18.9 Å². The molecule has 6 heteroatoms. The fraction of sp³-hybridized carbons (Fsp3) is 0.333. The molecule has 1 aliphatic heterocycles. The number of carbonyl (C=O) groups is 2. The van der Waals surface area contributed by atoms with Crippen LogP contribution in [0.5, 0.6) is 5.75 Å². The van der Waals surface area contributed by atoms with E-state index >= 15 is 0 Å². The highest BCUT2D eigenvalue weighted by molar-refractivity contribution is 5.97. The Balaban J connectivity index is 2.20. The zero-order chi connectivity index (χ0) is 13.1. The summed E-state index contributed by atoms with van der Waals surface area (Å²) in [5, 5.41) is 11.5. The zero-order valence-electron chi connectivity index (χ0n) is 9.68. The van der Waals surface area contributed by atoms with Gasteiger partial charge in [-0.1, -0.05) is 6.07 Å². The van der Waals surface area contributed by atoms with Crippen LogP contribution < -0.4 is 15.8 Å². The molecule has 0 saturated carbocycles. The summed E-state index contributed by atoms with van der Waals surface area (Å²) in [6.45, 7) is -0.118. The first-order valence-electron chi connectivity index (χ1n) is 5.60. The molecule has 0 spiro atoms. The Morgan fingerprint density at radius 2 is 2.28 bits per heavy atom. The van der Waals surface area contributed by atoms with Crippen molar-refractivity contribution in [1.82, 2.24) is 0 Å². The number of aliphatic hydroxyl groups is 1. The van der Waals surface area contributed by atoms with Crippen LogP contribution in [-0.2, 0) is 16.0 Å². The molecule has 4 N–H and O–H groups in total. The Bertz CT molecular complexity index is 487. The number of nitrogens with one attached hydrogen (secondary N) is 1. The molecule has 1 aromatic rings. The third-order valence-electron chi connectivity index (χ3n) is 2.63. The minimum absolute atomic E-state index is 0.114. The minimum atomic E-state index is -0.676. The lowest BCUT2D eigenvalue weighted by atomic mass is 10.1. The van der Waals surface area contributed by atoms with E-state index in [0.29, 0.717) is 17.0 Å². The Morgan fingerprint density at radius 1 is 1.50 bits per heavy atom. The van der Waals surface area contributed by atoms with Gasteiger partial charge in [-0.2, -0.15) is 0 Å². The molecular formula is C12H14N2O4. The first kappa shape index (κ1) is 12.4. The number of anilines is 1. The molecule has 1 atom stereocenters. The maximum absolute atomic E-state index is 11.6. The van der Waals surface area contributed by atoms with E-state index in [0.717, 1.165) is 0 Å². The third-order valence-corrected chi connectivity index (χ3v) is 2.63. The number of ether oxygens (including phenoxy) is 1. The SMILES string of the molecule is NC(=O)Cc1ccc2c(c1)NC(=O)C(CCO)O2. The molecule has 0 aliphatic carbocycles. The second-order valence-corrected chi connectivity index (χ2v) is 4.08. The first-order valence-corrected chi connectivity index (χ1v) is 5.60. The van der Waals surface area contributed by atoms with E-state index in [-0.39, 0.29) is 25.4 Å². The van der Waals surface area contributed by atoms with Gasteiger partial charge in [-0.25, -0.2) is 0 Å². The van der Waals surface area contributed by atoms with E-state index in [1.807, 2.05) is 0 Å². The monoisotopic (exact) mass is 250 g/mol. The molecular weight excluding hydrogens is 236 g/mol. The van der Waals surface area contributed by atoms with Gasteiger partial charge in [0.15, 0.2) is 6.10 Å². The van der Waals surface area contributed by atoms with Gasteiger partial charge in [0, 0.05) is 13.0 Å². The molecule has 18 heavy (non-hydrogen) atoms. The fourth-order valence-corrected chi connectivity index (χ4v) is 1.82. The molecule has 2 rings (SSSR count). The number of nitrogens with two attached hydrogens (primary N) is 1. The van der Waals surface area contributed by atoms with Gasteiger partial charge < -0.3 is 20.9 Å². The fourth-order valence-electron chi connectivity index (χ4n) is 1.82. The van der Waals surface area contributed by atoms with Crippen molar-refractivity contribution in [2.24, 2.45) is 5.73 Å². The minimum Gasteiger partial charge on any atom is -0.478 e. The molecule has 1 heterocycles. The van der Waals surface area contributed by atoms with E-state index in [2.05, 4.69) is 5.32 Å². The molecule has 0 fully saturated rings. The topological polar surface area (TPSA) is 102 Å². The number of fused-ring (bicyclic) bond motifs is 1. The van der Waals surface area contributed by atoms with Crippen LogP contribution in [0.25, 0.3) is 0 Å². The standard InChI is InChI=1S/C12H14N2O4/c13-11(16)6-7-1-2-9-8(5-7)14-12(17)10(18-9)3-4-15/h1-2,5,10,15H,3-4,6H2,(H2,13,16)(H,14,17). The van der Waals surface area contributed by atoms with Gasteiger partial charge in [0.25, 0.3) is 5.91 Å². The van der Waals surface area contributed by atoms with E-state index < -0.39 is 12.0 Å². The smallest absolute Gasteiger partial charge is 0.265 e. The van der Waals surface area contributed by atoms with Gasteiger partial charge in [0.1, 0.15) is 5.75 Å². The Kier molecular flexibility index (Phi) is 3.47. The summed E-state index contributed by atoms with van der Waals surface area (Å²) in [5.41, 5.74) is 6.34. The van der Waals surface area contributed by atoms with E-state index in [1.165, 1.54) is 0 Å². The first-order chi connectivity index (χ1) is 8.60. The zero-order valence-corrected chi connectivity index (χ0v) is 9.68. The summed E-state index contributed by atoms with van der Waals surface area (Å²) in [4.78, 5) is 22.5. The van der Waals surface area contributed by atoms with Gasteiger partial charge >= 0.3 is 0 Å². The van der Waals surface area contributed by atoms with Gasteiger partial charge in [-0.05, 0) is 17.7 Å². The van der Waals surface area contributed by atoms with Crippen molar-refractivity contribution >= 4 is 17.5 Å². The molecule has 0 aromatic heterocycles. The summed E-state index contributed by atoms with van der Waals surface area (Å²) in [6, 6.07) is 5.06. The Hall–Kier alpha value is -2.08. The van der Waals surface area contributed by atoms with Crippen LogP contribution >= 0.6 is 0 Å². The highest BCUT2D eigenvalue weighted by atomic mass is 16.5. The van der Waals surface area contributed by atoms with Crippen molar-refractivity contribution in [3.8, 4) is 5.75 Å². The van der Waals surface area contributed by atoms with Gasteiger partial charge in [-0.15, -0.1) is 0 Å². The maximum Gasteiger partial charge on any atom is 0.265 e. The lowest BCUT2D eigenvalue weighted by Crippen LogP contribution is -2.37. The van der Waals surface area contributed by atoms with Crippen LogP contribution in [0.4, 0.5) is 5.69 Å². The maximum atomic E-state index is 11.6. The number of carbonyl (C=O) groups excluding carboxylic acids is 2. The predicted molar refractivity (Wildman–Crippen MR) is 64.1 cm³/mol. The highest BCUT2D eigenvalue weighted by Crippen LogP contribution is 2.31. The van der Waals surface area contributed by atoms with Gasteiger partial charge in [0.2, 0.25) is 5.91 Å². The van der Waals surface area contributed by atoms with Crippen LogP contribution in [-0.4, -0.2) is 29.6 Å². The normalized spacial score (nSPS) is 17.6. The molecule has 1 aliphatic rings. The van der Waals surface area contributed by atoms with E-state index in [9.17, 15) is 9.59 Å². The van der Waals surface area contributed by atoms with Crippen molar-refractivity contribution in [3.63, 3.8) is 0 Å². The largest absolute Gasteiger partial charge is 0.478 e. The Labute approximate surface area is 104 Å². The average Bonchev–Trinajstić information content (AvgIpc) is 2.30. The van der Waals surface area contributed by atoms with Crippen molar-refractivity contribution < 1.29 is 19.4 Å². The van der Waals surface area contributed by atoms with E-state index in [1.54, 1.807) is 18.2 Å². The lowest BCUT2D eigenvalue weighted by Gasteiger charge is -2.25. The molecule has 2 amide bonds. The quantitative estimate of drug-likeness (QED) is 0.688. The van der Waals surface area contributed by atoms with Crippen LogP contribution in [0.3, 0.4) is 0 Å². The number of aliphatic hydroxyl groups excluding tert-OH is 1. The molecule has 0 radical (unpaired) electrons. The number of primary amides is 1. The molecule has 6 nitrogen and oxygen atoms in total. The summed E-state index contributed by atoms with van der Waals surface area (Å²) in [7, 11) is 0. The number of benzene rings is 1. The number of amides is 2. The lowest BCUT2D eigenvalue weighted by molar-refractivity contribution is -0.124. The Morgan fingerprint density at radius 3 is 2.94 bits per heavy atom. The summed E-state index contributed by atoms with van der Waals surface area (Å²) in [6.07, 6.45) is -0.318. The summed E-state index contributed by atoms with van der Waals surface area (Å²) >= 11 is 0. The second-order valence-electron chi connectivity index (χ2n) is 4.08. The second kappa shape index (κ2) is 5.05. The van der Waals surface area contributed by atoms with Crippen LogP contribution in [0, 0.1) is 0 Å². The number of hydrogen-bond acceptors (Lipinski definition) is 4. The van der Waals surface area contributed by atoms with E-state index in [4.69, 9.17) is 15.6 Å². The van der Waals surface area contributed by atoms with Gasteiger partial charge in [0.05, 0.1) is 12.1 Å².